The molecular formula is C19H14Cl2FN5O. The molecule has 3 N–H and O–H groups in total. The highest BCUT2D eigenvalue weighted by atomic mass is 35.5. The van der Waals surface area contributed by atoms with Crippen molar-refractivity contribution >= 4 is 35.1 Å². The molecule has 6 nitrogen and oxygen atoms in total. The Morgan fingerprint density at radius 1 is 1.21 bits per heavy atom. The lowest BCUT2D eigenvalue weighted by atomic mass is 9.95. The summed E-state index contributed by atoms with van der Waals surface area (Å²) in [4.78, 5) is 16.7. The highest BCUT2D eigenvalue weighted by Crippen LogP contribution is 2.39. The first-order valence-electron chi connectivity index (χ1n) is 8.30. The molecule has 1 aliphatic heterocycles. The summed E-state index contributed by atoms with van der Waals surface area (Å²) >= 11 is 12.4. The van der Waals surface area contributed by atoms with Gasteiger partial charge in [0.1, 0.15) is 11.9 Å². The van der Waals surface area contributed by atoms with Crippen molar-refractivity contribution in [2.45, 2.75) is 13.0 Å². The van der Waals surface area contributed by atoms with Crippen LogP contribution in [0.3, 0.4) is 0 Å². The summed E-state index contributed by atoms with van der Waals surface area (Å²) < 4.78 is 14.8. The Bertz CT molecular complexity index is 1120. The molecule has 142 valence electrons. The van der Waals surface area contributed by atoms with Crippen molar-refractivity contribution in [3.63, 3.8) is 0 Å². The summed E-state index contributed by atoms with van der Waals surface area (Å²) in [6, 6.07) is 10.1. The number of amides is 1. The van der Waals surface area contributed by atoms with E-state index in [9.17, 15) is 9.18 Å². The maximum absolute atomic E-state index is 13.2. The standard InChI is InChI=1S/C19H14Cl2FN5O/c1-9-15(17(23)28)16(13-7-4-11(20)8-14(13)21)27-19(24-9)25-18(26-27)10-2-5-12(22)6-3-10/h2-8,16H,1H3,(H2,23,28)(H,24,25,26). The third-order valence-corrected chi connectivity index (χ3v) is 5.04. The van der Waals surface area contributed by atoms with Crippen molar-refractivity contribution in [3.8, 4) is 11.4 Å². The van der Waals surface area contributed by atoms with E-state index in [4.69, 9.17) is 28.9 Å². The van der Waals surface area contributed by atoms with E-state index in [-0.39, 0.29) is 5.82 Å². The molecule has 1 atom stereocenters. The Morgan fingerprint density at radius 3 is 2.57 bits per heavy atom. The third-order valence-electron chi connectivity index (χ3n) is 4.48. The summed E-state index contributed by atoms with van der Waals surface area (Å²) in [5.41, 5.74) is 7.75. The van der Waals surface area contributed by atoms with Crippen molar-refractivity contribution in [2.24, 2.45) is 5.73 Å². The molecular weight excluding hydrogens is 404 g/mol. The fourth-order valence-corrected chi connectivity index (χ4v) is 3.71. The lowest BCUT2D eigenvalue weighted by Crippen LogP contribution is -2.32. The molecule has 0 bridgehead atoms. The average Bonchev–Trinajstić information content (AvgIpc) is 3.04. The number of benzene rings is 2. The van der Waals surface area contributed by atoms with Gasteiger partial charge in [0.15, 0.2) is 5.82 Å². The van der Waals surface area contributed by atoms with Crippen LogP contribution in [-0.2, 0) is 4.79 Å². The summed E-state index contributed by atoms with van der Waals surface area (Å²) in [7, 11) is 0. The predicted octanol–water partition coefficient (Wildman–Crippen LogP) is 4.17. The molecule has 2 heterocycles. The number of nitrogens with two attached hydrogens (primary N) is 1. The number of fused-ring (bicyclic) bond motifs is 1. The summed E-state index contributed by atoms with van der Waals surface area (Å²) in [6.45, 7) is 1.73. The highest BCUT2D eigenvalue weighted by molar-refractivity contribution is 6.35. The molecule has 4 rings (SSSR count). The minimum Gasteiger partial charge on any atom is -0.366 e. The molecule has 9 heteroatoms. The molecule has 1 unspecified atom stereocenters. The molecule has 0 radical (unpaired) electrons. The molecule has 1 aromatic heterocycles. The first-order valence-corrected chi connectivity index (χ1v) is 9.06. The number of primary amides is 1. The maximum Gasteiger partial charge on any atom is 0.248 e. The molecule has 0 aliphatic carbocycles. The van der Waals surface area contributed by atoms with Crippen LogP contribution in [-0.4, -0.2) is 20.7 Å². The monoisotopic (exact) mass is 417 g/mol. The SMILES string of the molecule is CC1=C(C(N)=O)C(c2ccc(Cl)cc2Cl)n2nc(-c3ccc(F)cc3)nc2N1. The van der Waals surface area contributed by atoms with E-state index in [1.54, 1.807) is 41.9 Å². The Balaban J connectivity index is 1.90. The number of hydrogen-bond donors (Lipinski definition) is 2. The molecule has 28 heavy (non-hydrogen) atoms. The first-order chi connectivity index (χ1) is 13.3. The Morgan fingerprint density at radius 2 is 1.93 bits per heavy atom. The van der Waals surface area contributed by atoms with Crippen LogP contribution in [0, 0.1) is 5.82 Å². The Hall–Kier alpha value is -2.90. The minimum absolute atomic E-state index is 0.312. The van der Waals surface area contributed by atoms with E-state index in [1.807, 2.05) is 0 Å². The van der Waals surface area contributed by atoms with Gasteiger partial charge in [0.05, 0.1) is 5.57 Å². The van der Waals surface area contributed by atoms with Crippen molar-refractivity contribution < 1.29 is 9.18 Å². The zero-order chi connectivity index (χ0) is 20.0. The van der Waals surface area contributed by atoms with Gasteiger partial charge in [0.2, 0.25) is 11.9 Å². The molecule has 0 saturated carbocycles. The predicted molar refractivity (Wildman–Crippen MR) is 106 cm³/mol. The number of hydrogen-bond acceptors (Lipinski definition) is 4. The summed E-state index contributed by atoms with van der Waals surface area (Å²) in [5.74, 6) is -0.176. The van der Waals surface area contributed by atoms with Gasteiger partial charge in [-0.05, 0) is 43.3 Å². The second-order valence-electron chi connectivity index (χ2n) is 6.31. The van der Waals surface area contributed by atoms with Gasteiger partial charge in [-0.3, -0.25) is 4.79 Å². The fraction of sp³-hybridized carbons (Fsp3) is 0.105. The zero-order valence-electron chi connectivity index (χ0n) is 14.6. The van der Waals surface area contributed by atoms with E-state index in [0.29, 0.717) is 44.2 Å². The fourth-order valence-electron chi connectivity index (χ4n) is 3.20. The normalized spacial score (nSPS) is 15.9. The molecule has 0 saturated heterocycles. The number of nitrogens with one attached hydrogen (secondary N) is 1. The van der Waals surface area contributed by atoms with Crippen molar-refractivity contribution in [3.05, 3.63) is 75.2 Å². The molecule has 0 spiro atoms. The van der Waals surface area contributed by atoms with Gasteiger partial charge >= 0.3 is 0 Å². The van der Waals surface area contributed by atoms with E-state index in [2.05, 4.69) is 15.4 Å². The van der Waals surface area contributed by atoms with Crippen LogP contribution in [0.4, 0.5) is 10.3 Å². The smallest absolute Gasteiger partial charge is 0.248 e. The number of carbonyl (C=O) groups excluding carboxylic acids is 1. The van der Waals surface area contributed by atoms with Crippen LogP contribution in [0.15, 0.2) is 53.7 Å². The highest BCUT2D eigenvalue weighted by Gasteiger charge is 2.34. The number of nitrogens with zero attached hydrogens (tertiary/aromatic N) is 3. The maximum atomic E-state index is 13.2. The van der Waals surface area contributed by atoms with E-state index in [0.717, 1.165) is 0 Å². The number of carbonyl (C=O) groups is 1. The van der Waals surface area contributed by atoms with Gasteiger partial charge in [0, 0.05) is 26.9 Å². The summed E-state index contributed by atoms with van der Waals surface area (Å²) in [6.07, 6.45) is 0. The number of aromatic nitrogens is 3. The molecule has 2 aromatic carbocycles. The minimum atomic E-state index is -0.680. The van der Waals surface area contributed by atoms with Crippen molar-refractivity contribution in [1.29, 1.82) is 0 Å². The Kier molecular flexibility index (Phi) is 4.56. The van der Waals surface area contributed by atoms with E-state index >= 15 is 0 Å². The Labute approximate surface area is 169 Å². The topological polar surface area (TPSA) is 85.8 Å². The number of rotatable bonds is 3. The van der Waals surface area contributed by atoms with Crippen molar-refractivity contribution in [1.82, 2.24) is 14.8 Å². The van der Waals surface area contributed by atoms with Gasteiger partial charge in [-0.2, -0.15) is 4.98 Å². The van der Waals surface area contributed by atoms with Crippen LogP contribution in [0.1, 0.15) is 18.5 Å². The van der Waals surface area contributed by atoms with Crippen LogP contribution in [0.5, 0.6) is 0 Å². The van der Waals surface area contributed by atoms with Gasteiger partial charge in [-0.1, -0.05) is 29.3 Å². The quantitative estimate of drug-likeness (QED) is 0.669. The lowest BCUT2D eigenvalue weighted by molar-refractivity contribution is -0.115. The zero-order valence-corrected chi connectivity index (χ0v) is 16.1. The van der Waals surface area contributed by atoms with Gasteiger partial charge < -0.3 is 11.1 Å². The van der Waals surface area contributed by atoms with Gasteiger partial charge in [-0.25, -0.2) is 9.07 Å². The van der Waals surface area contributed by atoms with E-state index in [1.165, 1.54) is 12.1 Å². The molecule has 0 fully saturated rings. The van der Waals surface area contributed by atoms with Crippen LogP contribution >= 0.6 is 23.2 Å². The summed E-state index contributed by atoms with van der Waals surface area (Å²) in [5, 5.41) is 8.41. The lowest BCUT2D eigenvalue weighted by Gasteiger charge is -2.28. The van der Waals surface area contributed by atoms with E-state index < -0.39 is 11.9 Å². The second-order valence-corrected chi connectivity index (χ2v) is 7.15. The second kappa shape index (κ2) is 6.92. The van der Waals surface area contributed by atoms with Crippen molar-refractivity contribution in [2.75, 3.05) is 5.32 Å². The van der Waals surface area contributed by atoms with Crippen LogP contribution < -0.4 is 11.1 Å². The average molecular weight is 418 g/mol. The van der Waals surface area contributed by atoms with Crippen LogP contribution in [0.2, 0.25) is 10.0 Å². The van der Waals surface area contributed by atoms with Gasteiger partial charge in [-0.15, -0.1) is 5.10 Å². The number of allylic oxidation sites excluding steroid dienone is 1. The number of halogens is 3. The van der Waals surface area contributed by atoms with Gasteiger partial charge in [0.25, 0.3) is 0 Å². The molecule has 1 aliphatic rings. The number of anilines is 1. The van der Waals surface area contributed by atoms with Crippen LogP contribution in [0.25, 0.3) is 11.4 Å². The molecule has 3 aromatic rings. The third kappa shape index (κ3) is 3.12. The molecule has 1 amide bonds. The largest absolute Gasteiger partial charge is 0.366 e. The first kappa shape index (κ1) is 18.5.